The molecule has 0 aliphatic carbocycles. The van der Waals surface area contributed by atoms with Crippen LogP contribution < -0.4 is 10.6 Å². The first-order chi connectivity index (χ1) is 11.2. The molecule has 2 N–H and O–H groups in total. The van der Waals surface area contributed by atoms with Crippen molar-refractivity contribution in [2.75, 3.05) is 20.7 Å². The first kappa shape index (κ1) is 19.9. The number of carbonyl (C=O) groups excluding carboxylic acids is 1. The average Bonchev–Trinajstić information content (AvgIpc) is 3.22. The van der Waals surface area contributed by atoms with E-state index in [1.165, 1.54) is 11.8 Å². The highest BCUT2D eigenvalue weighted by atomic mass is 127. The molecule has 0 spiro atoms. The van der Waals surface area contributed by atoms with Crippen LogP contribution in [0.1, 0.15) is 5.69 Å². The molecule has 0 unspecified atom stereocenters. The van der Waals surface area contributed by atoms with Crippen LogP contribution in [0.25, 0.3) is 0 Å². The zero-order valence-corrected chi connectivity index (χ0v) is 16.0. The second-order valence-electron chi connectivity index (χ2n) is 4.76. The summed E-state index contributed by atoms with van der Waals surface area (Å²) in [5, 5.41) is 14.2. The Labute approximate surface area is 157 Å². The van der Waals surface area contributed by atoms with Gasteiger partial charge in [-0.15, -0.1) is 29.1 Å². The van der Waals surface area contributed by atoms with Gasteiger partial charge in [-0.25, -0.2) is 4.68 Å². The van der Waals surface area contributed by atoms with E-state index in [1.54, 1.807) is 13.2 Å². The fourth-order valence-corrected chi connectivity index (χ4v) is 1.91. The van der Waals surface area contributed by atoms with E-state index in [4.69, 9.17) is 0 Å². The number of rotatable bonds is 7. The molecule has 2 rings (SSSR count). The predicted molar refractivity (Wildman–Crippen MR) is 100 cm³/mol. The zero-order valence-electron chi connectivity index (χ0n) is 13.7. The Bertz CT molecular complexity index is 639. The van der Waals surface area contributed by atoms with Crippen LogP contribution in [0.5, 0.6) is 0 Å². The molecule has 24 heavy (non-hydrogen) atoms. The second-order valence-corrected chi connectivity index (χ2v) is 4.76. The number of methoxy groups -OCH3 is 1. The maximum atomic E-state index is 11.2. The molecule has 0 bridgehead atoms. The topological polar surface area (TPSA) is 98.4 Å². The summed E-state index contributed by atoms with van der Waals surface area (Å²) in [7, 11) is 3.05. The monoisotopic (exact) mass is 447 g/mol. The van der Waals surface area contributed by atoms with Crippen molar-refractivity contribution in [2.45, 2.75) is 19.6 Å². The number of aromatic nitrogens is 4. The van der Waals surface area contributed by atoms with Crippen molar-refractivity contribution >= 4 is 35.9 Å². The minimum absolute atomic E-state index is 0. The van der Waals surface area contributed by atoms with Crippen LogP contribution in [0.4, 0.5) is 0 Å². The van der Waals surface area contributed by atoms with E-state index < -0.39 is 0 Å². The Hall–Kier alpha value is -2.11. The van der Waals surface area contributed by atoms with Crippen LogP contribution in [0, 0.1) is 0 Å². The highest BCUT2D eigenvalue weighted by molar-refractivity contribution is 14.0. The first-order valence-corrected chi connectivity index (χ1v) is 7.22. The minimum atomic E-state index is -0.364. The van der Waals surface area contributed by atoms with Crippen LogP contribution in [0.3, 0.4) is 0 Å². The Morgan fingerprint density at radius 2 is 2.08 bits per heavy atom. The van der Waals surface area contributed by atoms with Gasteiger partial charge in [0.25, 0.3) is 0 Å². The van der Waals surface area contributed by atoms with Gasteiger partial charge in [0, 0.05) is 32.5 Å². The molecule has 0 saturated carbocycles. The summed E-state index contributed by atoms with van der Waals surface area (Å²) in [6.07, 6.45) is 5.71. The van der Waals surface area contributed by atoms with E-state index in [0.29, 0.717) is 18.2 Å². The van der Waals surface area contributed by atoms with Gasteiger partial charge in [0.05, 0.1) is 19.9 Å². The Kier molecular flexibility index (Phi) is 8.83. The van der Waals surface area contributed by atoms with E-state index in [1.807, 2.05) is 24.5 Å². The summed E-state index contributed by atoms with van der Waals surface area (Å²) < 4.78 is 8.10. The van der Waals surface area contributed by atoms with Crippen LogP contribution in [0.2, 0.25) is 0 Å². The molecular formula is C14H22IN7O2. The largest absolute Gasteiger partial charge is 0.468 e. The van der Waals surface area contributed by atoms with Gasteiger partial charge < -0.3 is 19.9 Å². The highest BCUT2D eigenvalue weighted by Gasteiger charge is 2.06. The maximum Gasteiger partial charge on any atom is 0.327 e. The third-order valence-corrected chi connectivity index (χ3v) is 3.09. The predicted octanol–water partition coefficient (Wildman–Crippen LogP) is 0.236. The molecule has 0 aliphatic heterocycles. The standard InChI is InChI=1S/C14H21N7O2.HI/c1-15-14(16-5-8-20-6-3-4-7-20)17-9-12-10-21(19-18-12)11-13(22)23-2;/h3-4,6-7,10H,5,8-9,11H2,1-2H3,(H2,15,16,17);1H. The molecule has 0 radical (unpaired) electrons. The summed E-state index contributed by atoms with van der Waals surface area (Å²) in [6, 6.07) is 3.98. The second kappa shape index (κ2) is 10.6. The molecule has 0 fully saturated rings. The van der Waals surface area contributed by atoms with E-state index >= 15 is 0 Å². The lowest BCUT2D eigenvalue weighted by molar-refractivity contribution is -0.141. The van der Waals surface area contributed by atoms with Crippen molar-refractivity contribution in [1.29, 1.82) is 0 Å². The van der Waals surface area contributed by atoms with E-state index in [0.717, 1.165) is 13.1 Å². The van der Waals surface area contributed by atoms with Crippen molar-refractivity contribution < 1.29 is 9.53 Å². The minimum Gasteiger partial charge on any atom is -0.468 e. The molecule has 9 nitrogen and oxygen atoms in total. The van der Waals surface area contributed by atoms with Crippen molar-refractivity contribution in [3.8, 4) is 0 Å². The average molecular weight is 447 g/mol. The van der Waals surface area contributed by atoms with Crippen molar-refractivity contribution in [2.24, 2.45) is 4.99 Å². The van der Waals surface area contributed by atoms with Gasteiger partial charge in [-0.05, 0) is 12.1 Å². The van der Waals surface area contributed by atoms with E-state index in [9.17, 15) is 4.79 Å². The number of nitrogens with one attached hydrogen (secondary N) is 2. The maximum absolute atomic E-state index is 11.2. The summed E-state index contributed by atoms with van der Waals surface area (Å²) in [6.45, 7) is 2.12. The van der Waals surface area contributed by atoms with Crippen molar-refractivity contribution in [3.63, 3.8) is 0 Å². The Morgan fingerprint density at radius 3 is 2.75 bits per heavy atom. The first-order valence-electron chi connectivity index (χ1n) is 7.22. The van der Waals surface area contributed by atoms with E-state index in [-0.39, 0.29) is 36.5 Å². The number of esters is 1. The lowest BCUT2D eigenvalue weighted by Crippen LogP contribution is -2.38. The van der Waals surface area contributed by atoms with Crippen molar-refractivity contribution in [3.05, 3.63) is 36.4 Å². The molecular weight excluding hydrogens is 425 g/mol. The number of hydrogen-bond donors (Lipinski definition) is 2. The van der Waals surface area contributed by atoms with Crippen LogP contribution in [0.15, 0.2) is 35.7 Å². The lowest BCUT2D eigenvalue weighted by atomic mass is 10.4. The summed E-state index contributed by atoms with van der Waals surface area (Å²) in [5.74, 6) is 0.316. The van der Waals surface area contributed by atoms with Gasteiger partial charge in [0.2, 0.25) is 0 Å². The lowest BCUT2D eigenvalue weighted by Gasteiger charge is -2.11. The van der Waals surface area contributed by atoms with Crippen LogP contribution >= 0.6 is 24.0 Å². The van der Waals surface area contributed by atoms with Gasteiger partial charge >= 0.3 is 5.97 Å². The molecule has 0 saturated heterocycles. The fraction of sp³-hybridized carbons (Fsp3) is 0.429. The summed E-state index contributed by atoms with van der Waals surface area (Å²) in [4.78, 5) is 15.3. The molecule has 0 aliphatic rings. The normalized spacial score (nSPS) is 10.8. The van der Waals surface area contributed by atoms with Gasteiger partial charge in [0.1, 0.15) is 12.2 Å². The Balaban J connectivity index is 0.00000288. The van der Waals surface area contributed by atoms with Gasteiger partial charge in [-0.2, -0.15) is 0 Å². The molecule has 0 amide bonds. The van der Waals surface area contributed by atoms with Gasteiger partial charge in [0.15, 0.2) is 5.96 Å². The third kappa shape index (κ3) is 6.56. The molecule has 2 aromatic heterocycles. The third-order valence-electron chi connectivity index (χ3n) is 3.09. The number of aliphatic imine (C=N–C) groups is 1. The SMILES string of the molecule is CN=C(NCCn1cccc1)NCc1cn(CC(=O)OC)nn1.I. The number of ether oxygens (including phenoxy) is 1. The number of nitrogens with zero attached hydrogens (tertiary/aromatic N) is 5. The molecule has 10 heteroatoms. The number of guanidine groups is 1. The van der Waals surface area contributed by atoms with Gasteiger partial charge in [-0.3, -0.25) is 9.79 Å². The van der Waals surface area contributed by atoms with E-state index in [2.05, 4.69) is 35.2 Å². The molecule has 0 aromatic carbocycles. The molecule has 0 atom stereocenters. The quantitative estimate of drug-likeness (QED) is 0.273. The zero-order chi connectivity index (χ0) is 16.5. The van der Waals surface area contributed by atoms with Gasteiger partial charge in [-0.1, -0.05) is 5.21 Å². The highest BCUT2D eigenvalue weighted by Crippen LogP contribution is 1.93. The smallest absolute Gasteiger partial charge is 0.327 e. The fourth-order valence-electron chi connectivity index (χ4n) is 1.91. The van der Waals surface area contributed by atoms with Crippen LogP contribution in [-0.2, 0) is 29.2 Å². The number of hydrogen-bond acceptors (Lipinski definition) is 5. The molecule has 2 heterocycles. The summed E-state index contributed by atoms with van der Waals surface area (Å²) >= 11 is 0. The number of halogens is 1. The van der Waals surface area contributed by atoms with Crippen LogP contribution in [-0.4, -0.2) is 52.2 Å². The number of carbonyl (C=O) groups is 1. The van der Waals surface area contributed by atoms with Crippen molar-refractivity contribution in [1.82, 2.24) is 30.2 Å². The molecule has 132 valence electrons. The molecule has 2 aromatic rings. The summed E-state index contributed by atoms with van der Waals surface area (Å²) in [5.41, 5.74) is 0.710. The Morgan fingerprint density at radius 1 is 1.33 bits per heavy atom.